The first-order valence-electron chi connectivity index (χ1n) is 11.0. The molecule has 1 saturated carbocycles. The van der Waals surface area contributed by atoms with Crippen molar-refractivity contribution in [2.75, 3.05) is 19.7 Å². The lowest BCUT2D eigenvalue weighted by atomic mass is 9.78. The number of hydrogen-bond donors (Lipinski definition) is 1. The third kappa shape index (κ3) is 4.16. The van der Waals surface area contributed by atoms with E-state index in [1.165, 1.54) is 6.42 Å². The van der Waals surface area contributed by atoms with Gasteiger partial charge >= 0.3 is 12.0 Å². The smallest absolute Gasteiger partial charge is 0.326 e. The molecule has 0 radical (unpaired) electrons. The molecular formula is C23H29N3O5. The summed E-state index contributed by atoms with van der Waals surface area (Å²) in [5, 5.41) is 2.65. The van der Waals surface area contributed by atoms with Gasteiger partial charge in [-0.25, -0.2) is 4.79 Å². The maximum Gasteiger partial charge on any atom is 0.326 e. The van der Waals surface area contributed by atoms with Gasteiger partial charge in [-0.1, -0.05) is 43.2 Å². The van der Waals surface area contributed by atoms with E-state index in [-0.39, 0.29) is 18.6 Å². The van der Waals surface area contributed by atoms with Crippen LogP contribution in [0.15, 0.2) is 30.3 Å². The highest BCUT2D eigenvalue weighted by Gasteiger charge is 2.49. The third-order valence-corrected chi connectivity index (χ3v) is 6.83. The van der Waals surface area contributed by atoms with Crippen LogP contribution in [0.25, 0.3) is 0 Å². The van der Waals surface area contributed by atoms with Crippen LogP contribution in [0.2, 0.25) is 0 Å². The highest BCUT2D eigenvalue weighted by atomic mass is 16.5. The molecule has 0 aromatic heterocycles. The van der Waals surface area contributed by atoms with Gasteiger partial charge in [-0.2, -0.15) is 0 Å². The Balaban J connectivity index is 1.33. The minimum Gasteiger partial charge on any atom is -0.454 e. The van der Waals surface area contributed by atoms with Crippen LogP contribution in [0.5, 0.6) is 0 Å². The molecule has 0 spiro atoms. The lowest BCUT2D eigenvalue weighted by Gasteiger charge is -2.44. The third-order valence-electron chi connectivity index (χ3n) is 6.83. The summed E-state index contributed by atoms with van der Waals surface area (Å²) in [6, 6.07) is 8.45. The predicted octanol–water partition coefficient (Wildman–Crippen LogP) is 2.18. The molecule has 0 unspecified atom stereocenters. The molecule has 1 aliphatic carbocycles. The van der Waals surface area contributed by atoms with Crippen molar-refractivity contribution in [3.63, 3.8) is 0 Å². The number of urea groups is 1. The zero-order valence-electron chi connectivity index (χ0n) is 17.8. The van der Waals surface area contributed by atoms with E-state index in [0.29, 0.717) is 18.0 Å². The number of benzene rings is 1. The number of nitrogens with one attached hydrogen (secondary N) is 1. The van der Waals surface area contributed by atoms with E-state index in [1.54, 1.807) is 31.2 Å². The van der Waals surface area contributed by atoms with Gasteiger partial charge in [0.15, 0.2) is 6.61 Å². The van der Waals surface area contributed by atoms with Crippen molar-refractivity contribution in [3.05, 3.63) is 35.9 Å². The number of amides is 4. The van der Waals surface area contributed by atoms with Gasteiger partial charge in [0, 0.05) is 12.6 Å². The van der Waals surface area contributed by atoms with Crippen molar-refractivity contribution in [1.29, 1.82) is 0 Å². The van der Waals surface area contributed by atoms with Crippen LogP contribution < -0.4 is 5.32 Å². The molecule has 2 heterocycles. The zero-order chi connectivity index (χ0) is 22.0. The molecule has 31 heavy (non-hydrogen) atoms. The van der Waals surface area contributed by atoms with Gasteiger partial charge < -0.3 is 15.0 Å². The Kier molecular flexibility index (Phi) is 5.98. The Hall–Kier alpha value is -2.90. The first-order chi connectivity index (χ1) is 14.9. The van der Waals surface area contributed by atoms with Crippen LogP contribution in [-0.2, 0) is 24.7 Å². The lowest BCUT2D eigenvalue weighted by molar-refractivity contribution is -0.156. The van der Waals surface area contributed by atoms with Crippen LogP contribution in [0.3, 0.4) is 0 Å². The molecule has 2 saturated heterocycles. The molecule has 1 aromatic carbocycles. The summed E-state index contributed by atoms with van der Waals surface area (Å²) in [4.78, 5) is 53.0. The van der Waals surface area contributed by atoms with E-state index in [2.05, 4.69) is 5.32 Å². The first kappa shape index (κ1) is 21.3. The Morgan fingerprint density at radius 2 is 1.81 bits per heavy atom. The minimum absolute atomic E-state index is 0.198. The zero-order valence-corrected chi connectivity index (χ0v) is 17.8. The summed E-state index contributed by atoms with van der Waals surface area (Å²) >= 11 is 0. The van der Waals surface area contributed by atoms with Crippen LogP contribution in [-0.4, -0.2) is 59.4 Å². The topological polar surface area (TPSA) is 96.0 Å². The van der Waals surface area contributed by atoms with Gasteiger partial charge in [0.05, 0.1) is 0 Å². The normalized spacial score (nSPS) is 28.2. The van der Waals surface area contributed by atoms with E-state index in [0.717, 1.165) is 37.0 Å². The number of imide groups is 1. The van der Waals surface area contributed by atoms with Crippen molar-refractivity contribution < 1.29 is 23.9 Å². The number of nitrogens with zero attached hydrogens (tertiary/aromatic N) is 2. The Morgan fingerprint density at radius 3 is 2.58 bits per heavy atom. The number of ether oxygens (including phenoxy) is 1. The quantitative estimate of drug-likeness (QED) is 0.574. The summed E-state index contributed by atoms with van der Waals surface area (Å²) in [6.45, 7) is 1.42. The average molecular weight is 428 g/mol. The number of piperidine rings is 1. The van der Waals surface area contributed by atoms with Gasteiger partial charge in [0.25, 0.3) is 11.8 Å². The van der Waals surface area contributed by atoms with Crippen molar-refractivity contribution in [1.82, 2.24) is 15.1 Å². The summed E-state index contributed by atoms with van der Waals surface area (Å²) in [6.07, 6.45) is 6.62. The number of likely N-dealkylation sites (tertiary alicyclic amines) is 1. The van der Waals surface area contributed by atoms with E-state index < -0.39 is 30.0 Å². The predicted molar refractivity (Wildman–Crippen MR) is 112 cm³/mol. The van der Waals surface area contributed by atoms with Crippen LogP contribution in [0.4, 0.5) is 4.79 Å². The summed E-state index contributed by atoms with van der Waals surface area (Å²) in [5.74, 6) is -0.945. The fraction of sp³-hybridized carbons (Fsp3) is 0.565. The standard InChI is InChI=1S/C23H29N3O5/c1-23(17-10-3-2-4-11-17)21(29)26(22(30)24-23)14-20(28)31-15-19(27)25-13-7-9-16-8-5-6-12-18(16)25/h2-4,10-11,16,18H,5-9,12-15H2,1H3,(H,24,30)/t16-,18+,23-/m1/s1. The largest absolute Gasteiger partial charge is 0.454 e. The Bertz CT molecular complexity index is 871. The molecule has 8 heteroatoms. The first-order valence-corrected chi connectivity index (χ1v) is 11.0. The molecule has 0 bridgehead atoms. The van der Waals surface area contributed by atoms with E-state index in [1.807, 2.05) is 11.0 Å². The van der Waals surface area contributed by atoms with Gasteiger partial charge in [-0.15, -0.1) is 0 Å². The van der Waals surface area contributed by atoms with Crippen molar-refractivity contribution in [2.24, 2.45) is 5.92 Å². The monoisotopic (exact) mass is 427 g/mol. The molecule has 8 nitrogen and oxygen atoms in total. The molecule has 4 amide bonds. The molecule has 3 aliphatic rings. The van der Waals surface area contributed by atoms with Crippen molar-refractivity contribution in [3.8, 4) is 0 Å². The number of carbonyl (C=O) groups excluding carboxylic acids is 4. The van der Waals surface area contributed by atoms with Gasteiger partial charge in [0.1, 0.15) is 12.1 Å². The summed E-state index contributed by atoms with van der Waals surface area (Å²) in [5.41, 5.74) is -0.607. The van der Waals surface area contributed by atoms with Gasteiger partial charge in [-0.05, 0) is 44.1 Å². The van der Waals surface area contributed by atoms with E-state index in [9.17, 15) is 19.2 Å². The summed E-state index contributed by atoms with van der Waals surface area (Å²) in [7, 11) is 0. The van der Waals surface area contributed by atoms with E-state index >= 15 is 0 Å². The second kappa shape index (κ2) is 8.69. The second-order valence-electron chi connectivity index (χ2n) is 8.81. The molecular weight excluding hydrogens is 398 g/mol. The Labute approximate surface area is 181 Å². The number of carbonyl (C=O) groups is 4. The van der Waals surface area contributed by atoms with Crippen LogP contribution in [0, 0.1) is 5.92 Å². The number of hydrogen-bond acceptors (Lipinski definition) is 5. The molecule has 4 rings (SSSR count). The minimum atomic E-state index is -1.24. The highest BCUT2D eigenvalue weighted by Crippen LogP contribution is 2.35. The maximum absolute atomic E-state index is 12.9. The molecule has 2 aliphatic heterocycles. The average Bonchev–Trinajstić information content (AvgIpc) is 3.01. The molecule has 3 atom stereocenters. The molecule has 1 aromatic rings. The molecule has 166 valence electrons. The van der Waals surface area contributed by atoms with Crippen LogP contribution in [0.1, 0.15) is 51.0 Å². The molecule has 1 N–H and O–H groups in total. The number of rotatable bonds is 5. The van der Waals surface area contributed by atoms with Crippen molar-refractivity contribution in [2.45, 2.75) is 57.0 Å². The molecule has 3 fully saturated rings. The lowest BCUT2D eigenvalue weighted by Crippen LogP contribution is -2.51. The van der Waals surface area contributed by atoms with Gasteiger partial charge in [-0.3, -0.25) is 19.3 Å². The van der Waals surface area contributed by atoms with Crippen molar-refractivity contribution >= 4 is 23.8 Å². The summed E-state index contributed by atoms with van der Waals surface area (Å²) < 4.78 is 5.17. The number of esters is 1. The van der Waals surface area contributed by atoms with Gasteiger partial charge in [0.2, 0.25) is 0 Å². The van der Waals surface area contributed by atoms with Crippen LogP contribution >= 0.6 is 0 Å². The maximum atomic E-state index is 12.9. The fourth-order valence-electron chi connectivity index (χ4n) is 5.14. The highest BCUT2D eigenvalue weighted by molar-refractivity contribution is 6.08. The number of fused-ring (bicyclic) bond motifs is 1. The SMILES string of the molecule is C[C@]1(c2ccccc2)NC(=O)N(CC(=O)OCC(=O)N2CCC[C@H]3CCCC[C@@H]32)C1=O. The fourth-order valence-corrected chi connectivity index (χ4v) is 5.14. The second-order valence-corrected chi connectivity index (χ2v) is 8.81. The Morgan fingerprint density at radius 1 is 1.10 bits per heavy atom. The van der Waals surface area contributed by atoms with E-state index in [4.69, 9.17) is 4.74 Å².